The van der Waals surface area contributed by atoms with Crippen molar-refractivity contribution in [2.45, 2.75) is 13.8 Å². The first-order valence-corrected chi connectivity index (χ1v) is 9.98. The van der Waals surface area contributed by atoms with Gasteiger partial charge >= 0.3 is 5.97 Å². The Balaban J connectivity index is 2.09. The summed E-state index contributed by atoms with van der Waals surface area (Å²) in [5.41, 5.74) is 0.629. The topological polar surface area (TPSA) is 102 Å². The van der Waals surface area contributed by atoms with E-state index in [1.165, 1.54) is 19.3 Å². The van der Waals surface area contributed by atoms with E-state index in [1.807, 2.05) is 0 Å². The number of nitrogens with zero attached hydrogens (tertiary/aromatic N) is 1. The van der Waals surface area contributed by atoms with Crippen LogP contribution in [0.4, 0.5) is 0 Å². The van der Waals surface area contributed by atoms with Gasteiger partial charge in [0.2, 0.25) is 0 Å². The first-order chi connectivity index (χ1) is 13.8. The Hall–Kier alpha value is -2.55. The maximum Gasteiger partial charge on any atom is 0.348 e. The zero-order valence-electron chi connectivity index (χ0n) is 15.6. The number of methoxy groups -OCH3 is 1. The van der Waals surface area contributed by atoms with Gasteiger partial charge in [0.1, 0.15) is 9.71 Å². The van der Waals surface area contributed by atoms with Gasteiger partial charge in [-0.2, -0.15) is 0 Å². The number of rotatable bonds is 5. The minimum absolute atomic E-state index is 0.0974. The van der Waals surface area contributed by atoms with Crippen molar-refractivity contribution >= 4 is 61.8 Å². The molecule has 29 heavy (non-hydrogen) atoms. The number of H-pyrrole nitrogens is 1. The van der Waals surface area contributed by atoms with Crippen LogP contribution in [-0.4, -0.2) is 34.8 Å². The van der Waals surface area contributed by atoms with Crippen LogP contribution in [0.3, 0.4) is 0 Å². The largest absolute Gasteiger partial charge is 0.503 e. The lowest BCUT2D eigenvalue weighted by Gasteiger charge is -2.08. The van der Waals surface area contributed by atoms with Crippen molar-refractivity contribution in [3.8, 4) is 11.5 Å². The van der Waals surface area contributed by atoms with E-state index in [9.17, 15) is 14.7 Å². The lowest BCUT2D eigenvalue weighted by atomic mass is 10.1. The highest BCUT2D eigenvalue weighted by atomic mass is 35.5. The third kappa shape index (κ3) is 4.10. The molecule has 0 saturated heterocycles. The summed E-state index contributed by atoms with van der Waals surface area (Å²) >= 11 is 13.5. The Labute approximate surface area is 179 Å². The number of fused-ring (bicyclic) bond motifs is 1. The number of carbonyl (C=O) groups excluding carboxylic acids is 1. The number of halogens is 2. The molecule has 2 heterocycles. The number of phenols is 1. The minimum atomic E-state index is -0.532. The third-order valence-corrected chi connectivity index (χ3v) is 5.78. The molecular weight excluding hydrogens is 439 g/mol. The summed E-state index contributed by atoms with van der Waals surface area (Å²) in [4.78, 5) is 32.1. The molecule has 0 amide bonds. The summed E-state index contributed by atoms with van der Waals surface area (Å²) < 4.78 is 10.1. The average Bonchev–Trinajstić information content (AvgIpc) is 3.02. The molecule has 1 aromatic carbocycles. The quantitative estimate of drug-likeness (QED) is 0.547. The van der Waals surface area contributed by atoms with Gasteiger partial charge in [0.25, 0.3) is 5.56 Å². The highest BCUT2D eigenvalue weighted by Crippen LogP contribution is 2.36. The molecule has 7 nitrogen and oxygen atoms in total. The second-order valence-corrected chi connectivity index (χ2v) is 7.73. The molecule has 0 unspecified atom stereocenters. The van der Waals surface area contributed by atoms with Crippen LogP contribution in [0.5, 0.6) is 11.5 Å². The van der Waals surface area contributed by atoms with Gasteiger partial charge in [-0.25, -0.2) is 9.78 Å². The van der Waals surface area contributed by atoms with Crippen LogP contribution >= 0.6 is 34.5 Å². The number of nitrogens with one attached hydrogen (secondary N) is 1. The molecule has 152 valence electrons. The van der Waals surface area contributed by atoms with Gasteiger partial charge in [-0.15, -0.1) is 11.3 Å². The molecule has 0 aliphatic rings. The molecule has 0 saturated carbocycles. The number of aromatic nitrogens is 2. The van der Waals surface area contributed by atoms with E-state index < -0.39 is 11.5 Å². The molecule has 0 atom stereocenters. The molecule has 2 aromatic heterocycles. The summed E-state index contributed by atoms with van der Waals surface area (Å²) in [6.07, 6.45) is 1.53. The first-order valence-electron chi connectivity index (χ1n) is 8.41. The van der Waals surface area contributed by atoms with Crippen LogP contribution in [0.15, 0.2) is 16.9 Å². The van der Waals surface area contributed by atoms with Gasteiger partial charge < -0.3 is 19.6 Å². The molecular formula is C19H16Cl2N2O5S. The zero-order valence-corrected chi connectivity index (χ0v) is 18.0. The van der Waals surface area contributed by atoms with Crippen molar-refractivity contribution < 1.29 is 19.4 Å². The molecule has 0 fully saturated rings. The number of aryl methyl sites for hydroxylation is 1. The van der Waals surface area contributed by atoms with E-state index in [1.54, 1.807) is 19.9 Å². The fraction of sp³-hybridized carbons (Fsp3) is 0.211. The van der Waals surface area contributed by atoms with E-state index >= 15 is 0 Å². The molecule has 0 bridgehead atoms. The summed E-state index contributed by atoms with van der Waals surface area (Å²) in [7, 11) is 1.27. The van der Waals surface area contributed by atoms with Crippen molar-refractivity contribution in [3.05, 3.63) is 49.3 Å². The summed E-state index contributed by atoms with van der Waals surface area (Å²) in [6.45, 7) is 3.78. The van der Waals surface area contributed by atoms with E-state index in [2.05, 4.69) is 9.97 Å². The Morgan fingerprint density at radius 3 is 2.79 bits per heavy atom. The van der Waals surface area contributed by atoms with Gasteiger partial charge in [0.05, 0.1) is 29.2 Å². The molecule has 3 rings (SSSR count). The maximum absolute atomic E-state index is 12.5. The number of aromatic amines is 1. The van der Waals surface area contributed by atoms with Crippen molar-refractivity contribution in [1.82, 2.24) is 9.97 Å². The van der Waals surface area contributed by atoms with Gasteiger partial charge in [-0.3, -0.25) is 4.79 Å². The van der Waals surface area contributed by atoms with Crippen LogP contribution in [-0.2, 0) is 4.74 Å². The second-order valence-electron chi connectivity index (χ2n) is 5.92. The van der Waals surface area contributed by atoms with Crippen molar-refractivity contribution in [3.63, 3.8) is 0 Å². The number of hydrogen-bond acceptors (Lipinski definition) is 7. The number of aromatic hydroxyl groups is 1. The standard InChI is InChI=1S/C19H16Cl2N2O5S/c1-4-28-12-7-9(5-10(20)14(12)24)6-11(21)16-22-17(25)13-8(2)15(19(26)27-3)29-18(13)23-16/h5-7,24H,4H2,1-3H3,(H,22,23,25)/b11-6-. The Morgan fingerprint density at radius 2 is 2.14 bits per heavy atom. The average molecular weight is 455 g/mol. The summed E-state index contributed by atoms with van der Waals surface area (Å²) in [6, 6.07) is 3.07. The molecule has 0 aliphatic heterocycles. The predicted octanol–water partition coefficient (Wildman–Crippen LogP) is 4.57. The van der Waals surface area contributed by atoms with Gasteiger partial charge in [-0.05, 0) is 43.2 Å². The van der Waals surface area contributed by atoms with Gasteiger partial charge in [0.15, 0.2) is 17.3 Å². The van der Waals surface area contributed by atoms with Crippen molar-refractivity contribution in [2.24, 2.45) is 0 Å². The van der Waals surface area contributed by atoms with Crippen molar-refractivity contribution in [2.75, 3.05) is 13.7 Å². The monoisotopic (exact) mass is 454 g/mol. The smallest absolute Gasteiger partial charge is 0.348 e. The second kappa shape index (κ2) is 8.44. The third-order valence-electron chi connectivity index (χ3n) is 4.04. The molecule has 0 radical (unpaired) electrons. The lowest BCUT2D eigenvalue weighted by molar-refractivity contribution is 0.0605. The fourth-order valence-electron chi connectivity index (χ4n) is 2.70. The van der Waals surface area contributed by atoms with E-state index in [0.717, 1.165) is 11.3 Å². The van der Waals surface area contributed by atoms with Gasteiger partial charge in [-0.1, -0.05) is 23.2 Å². The zero-order chi connectivity index (χ0) is 21.3. The Kier molecular flexibility index (Phi) is 6.16. The number of phenolic OH excluding ortho intramolecular Hbond substituents is 1. The molecule has 3 aromatic rings. The van der Waals surface area contributed by atoms with Crippen molar-refractivity contribution in [1.29, 1.82) is 0 Å². The maximum atomic E-state index is 12.5. The van der Waals surface area contributed by atoms with Crippen LogP contribution in [0.25, 0.3) is 21.3 Å². The van der Waals surface area contributed by atoms with Gasteiger partial charge in [0, 0.05) is 0 Å². The van der Waals surface area contributed by atoms with E-state index in [-0.39, 0.29) is 27.4 Å². The molecule has 2 N–H and O–H groups in total. The highest BCUT2D eigenvalue weighted by Gasteiger charge is 2.20. The van der Waals surface area contributed by atoms with Crippen LogP contribution in [0.2, 0.25) is 5.02 Å². The van der Waals surface area contributed by atoms with Crippen LogP contribution in [0, 0.1) is 6.92 Å². The number of hydrogen-bond donors (Lipinski definition) is 2. The van der Waals surface area contributed by atoms with E-state index in [4.69, 9.17) is 32.7 Å². The minimum Gasteiger partial charge on any atom is -0.503 e. The molecule has 10 heteroatoms. The Morgan fingerprint density at radius 1 is 1.41 bits per heavy atom. The fourth-order valence-corrected chi connectivity index (χ4v) is 4.24. The van der Waals surface area contributed by atoms with E-state index in [0.29, 0.717) is 32.8 Å². The number of thiophene rings is 1. The lowest BCUT2D eigenvalue weighted by Crippen LogP contribution is -2.10. The van der Waals surface area contributed by atoms with Crippen LogP contribution in [0.1, 0.15) is 33.5 Å². The number of esters is 1. The van der Waals surface area contributed by atoms with Crippen LogP contribution < -0.4 is 10.3 Å². The summed E-state index contributed by atoms with van der Waals surface area (Å²) in [5, 5.41) is 10.5. The predicted molar refractivity (Wildman–Crippen MR) is 114 cm³/mol. The number of ether oxygens (including phenoxy) is 2. The Bertz CT molecular complexity index is 1200. The summed E-state index contributed by atoms with van der Waals surface area (Å²) in [5.74, 6) is -0.359. The molecule has 0 spiro atoms. The highest BCUT2D eigenvalue weighted by molar-refractivity contribution is 7.20. The number of carbonyl (C=O) groups is 1. The normalized spacial score (nSPS) is 11.7. The molecule has 0 aliphatic carbocycles. The number of benzene rings is 1. The first kappa shape index (κ1) is 21.2. The SMILES string of the molecule is CCOc1cc(/C=C(\Cl)c2nc3sc(C(=O)OC)c(C)c3c(=O)[nH]2)cc(Cl)c1O.